The van der Waals surface area contributed by atoms with Gasteiger partial charge in [-0.1, -0.05) is 5.16 Å². The molecule has 7 heteroatoms. The number of hydrogen-bond donors (Lipinski definition) is 0. The summed E-state index contributed by atoms with van der Waals surface area (Å²) in [6.07, 6.45) is -0.610. The molecule has 0 aliphatic rings. The number of nitrogens with zero attached hydrogens (tertiary/aromatic N) is 2. The first-order valence-electron chi connectivity index (χ1n) is 5.51. The highest BCUT2D eigenvalue weighted by Crippen LogP contribution is 2.31. The molecular formula is C12H11FN2O4. The number of rotatable bonds is 4. The smallest absolute Gasteiger partial charge is 0.311 e. The molecule has 0 spiro atoms. The van der Waals surface area contributed by atoms with Crippen LogP contribution in [0.5, 0.6) is 5.75 Å². The fourth-order valence-corrected chi connectivity index (χ4v) is 1.56. The summed E-state index contributed by atoms with van der Waals surface area (Å²) >= 11 is 0. The molecule has 1 aromatic carbocycles. The molecule has 0 fully saturated rings. The highest BCUT2D eigenvalue weighted by molar-refractivity contribution is 5.46. The van der Waals surface area contributed by atoms with Crippen molar-refractivity contribution in [1.29, 1.82) is 0 Å². The number of hydrogen-bond acceptors (Lipinski definition) is 5. The van der Waals surface area contributed by atoms with Crippen molar-refractivity contribution >= 4 is 5.69 Å². The maximum Gasteiger partial charge on any atom is 0.311 e. The average Bonchev–Trinajstić information content (AvgIpc) is 2.75. The topological polar surface area (TPSA) is 78.4 Å². The number of aromatic nitrogens is 1. The van der Waals surface area contributed by atoms with Crippen LogP contribution in [0.15, 0.2) is 28.8 Å². The zero-order valence-corrected chi connectivity index (χ0v) is 10.3. The zero-order chi connectivity index (χ0) is 14.0. The molecule has 1 atom stereocenters. The van der Waals surface area contributed by atoms with Crippen LogP contribution in [0.4, 0.5) is 10.1 Å². The van der Waals surface area contributed by atoms with Gasteiger partial charge in [0.25, 0.3) is 0 Å². The van der Waals surface area contributed by atoms with E-state index in [0.717, 1.165) is 18.2 Å². The summed E-state index contributed by atoms with van der Waals surface area (Å²) < 4.78 is 23.5. The summed E-state index contributed by atoms with van der Waals surface area (Å²) in [6, 6.07) is 4.69. The van der Waals surface area contributed by atoms with Gasteiger partial charge in [-0.2, -0.15) is 0 Å². The Hall–Kier alpha value is -2.44. The van der Waals surface area contributed by atoms with E-state index in [1.165, 1.54) is 0 Å². The second-order valence-electron chi connectivity index (χ2n) is 4.00. The molecular weight excluding hydrogens is 255 g/mol. The summed E-state index contributed by atoms with van der Waals surface area (Å²) in [5.41, 5.74) is 0.365. The minimum Gasteiger partial charge on any atom is -0.475 e. The predicted octanol–water partition coefficient (Wildman–Crippen LogP) is 3.17. The Balaban J connectivity index is 2.27. The fourth-order valence-electron chi connectivity index (χ4n) is 1.56. The molecule has 0 N–H and O–H groups in total. The molecule has 0 aliphatic heterocycles. The first-order chi connectivity index (χ1) is 8.97. The third-order valence-corrected chi connectivity index (χ3v) is 2.47. The summed E-state index contributed by atoms with van der Waals surface area (Å²) in [7, 11) is 0. The number of benzene rings is 1. The Morgan fingerprint density at radius 1 is 1.47 bits per heavy atom. The number of aryl methyl sites for hydroxylation is 1. The highest BCUT2D eigenvalue weighted by Gasteiger charge is 2.20. The van der Waals surface area contributed by atoms with Crippen molar-refractivity contribution in [2.45, 2.75) is 20.0 Å². The Morgan fingerprint density at radius 3 is 2.79 bits per heavy atom. The molecule has 0 saturated heterocycles. The third-order valence-electron chi connectivity index (χ3n) is 2.47. The SMILES string of the molecule is Cc1cc([C@@H](C)Oc2cc(F)ccc2[N+](=O)[O-])on1. The van der Waals surface area contributed by atoms with Crippen LogP contribution in [-0.4, -0.2) is 10.1 Å². The molecule has 0 amide bonds. The van der Waals surface area contributed by atoms with E-state index in [2.05, 4.69) is 5.16 Å². The van der Waals surface area contributed by atoms with Crippen molar-refractivity contribution < 1.29 is 18.6 Å². The Bertz CT molecular complexity index is 612. The molecule has 2 aromatic rings. The lowest BCUT2D eigenvalue weighted by molar-refractivity contribution is -0.386. The number of nitro groups is 1. The van der Waals surface area contributed by atoms with E-state index in [-0.39, 0.29) is 11.4 Å². The van der Waals surface area contributed by atoms with Gasteiger partial charge in [0.05, 0.1) is 10.6 Å². The standard InChI is InChI=1S/C12H11FN2O4/c1-7-5-11(19-14-7)8(2)18-12-6-9(13)3-4-10(12)15(16)17/h3-6,8H,1-2H3/t8-/m1/s1. The quantitative estimate of drug-likeness (QED) is 0.627. The van der Waals surface area contributed by atoms with E-state index in [9.17, 15) is 14.5 Å². The van der Waals surface area contributed by atoms with Gasteiger partial charge in [0, 0.05) is 18.2 Å². The van der Waals surface area contributed by atoms with Crippen molar-refractivity contribution in [3.63, 3.8) is 0 Å². The first-order valence-corrected chi connectivity index (χ1v) is 5.51. The van der Waals surface area contributed by atoms with Gasteiger partial charge in [-0.25, -0.2) is 4.39 Å². The van der Waals surface area contributed by atoms with Crippen molar-refractivity contribution in [1.82, 2.24) is 5.16 Å². The number of nitro benzene ring substituents is 1. The van der Waals surface area contributed by atoms with Gasteiger partial charge < -0.3 is 9.26 Å². The van der Waals surface area contributed by atoms with Gasteiger partial charge in [-0.05, 0) is 19.9 Å². The molecule has 19 heavy (non-hydrogen) atoms. The van der Waals surface area contributed by atoms with E-state index in [1.54, 1.807) is 19.9 Å². The third kappa shape index (κ3) is 2.87. The molecule has 2 rings (SSSR count). The van der Waals surface area contributed by atoms with E-state index in [0.29, 0.717) is 11.5 Å². The molecule has 100 valence electrons. The van der Waals surface area contributed by atoms with Crippen LogP contribution < -0.4 is 4.74 Å². The summed E-state index contributed by atoms with van der Waals surface area (Å²) in [5.74, 6) is -0.343. The van der Waals surface area contributed by atoms with E-state index < -0.39 is 16.8 Å². The lowest BCUT2D eigenvalue weighted by atomic mass is 10.2. The number of ether oxygens (including phenoxy) is 1. The normalized spacial score (nSPS) is 12.2. The minimum absolute atomic E-state index is 0.147. The Labute approximate surface area is 107 Å². The Kier molecular flexibility index (Phi) is 3.46. The molecule has 0 aliphatic carbocycles. The van der Waals surface area contributed by atoms with Crippen molar-refractivity contribution in [3.8, 4) is 5.75 Å². The highest BCUT2D eigenvalue weighted by atomic mass is 19.1. The monoisotopic (exact) mass is 266 g/mol. The van der Waals surface area contributed by atoms with Crippen molar-refractivity contribution in [3.05, 3.63) is 51.7 Å². The van der Waals surface area contributed by atoms with Crippen LogP contribution in [0, 0.1) is 22.9 Å². The van der Waals surface area contributed by atoms with E-state index in [1.807, 2.05) is 0 Å². The van der Waals surface area contributed by atoms with Gasteiger partial charge in [0.1, 0.15) is 5.82 Å². The molecule has 0 unspecified atom stereocenters. The van der Waals surface area contributed by atoms with Crippen LogP contribution >= 0.6 is 0 Å². The van der Waals surface area contributed by atoms with Gasteiger partial charge in [0.15, 0.2) is 11.9 Å². The minimum atomic E-state index is -0.632. The van der Waals surface area contributed by atoms with Gasteiger partial charge >= 0.3 is 5.69 Å². The van der Waals surface area contributed by atoms with Crippen molar-refractivity contribution in [2.75, 3.05) is 0 Å². The largest absolute Gasteiger partial charge is 0.475 e. The molecule has 0 radical (unpaired) electrons. The van der Waals surface area contributed by atoms with Crippen LogP contribution in [0.2, 0.25) is 0 Å². The molecule has 0 bridgehead atoms. The molecule has 1 aromatic heterocycles. The lowest BCUT2D eigenvalue weighted by Crippen LogP contribution is -2.04. The molecule has 1 heterocycles. The van der Waals surface area contributed by atoms with Gasteiger partial charge in [-0.15, -0.1) is 0 Å². The maximum absolute atomic E-state index is 13.1. The predicted molar refractivity (Wildman–Crippen MR) is 63.3 cm³/mol. The Morgan fingerprint density at radius 2 is 2.21 bits per heavy atom. The fraction of sp³-hybridized carbons (Fsp3) is 0.250. The second-order valence-corrected chi connectivity index (χ2v) is 4.00. The first kappa shape index (κ1) is 13.0. The summed E-state index contributed by atoms with van der Waals surface area (Å²) in [4.78, 5) is 10.2. The van der Waals surface area contributed by atoms with Crippen LogP contribution in [0.25, 0.3) is 0 Å². The van der Waals surface area contributed by atoms with Crippen LogP contribution in [-0.2, 0) is 0 Å². The molecule has 0 saturated carbocycles. The average molecular weight is 266 g/mol. The van der Waals surface area contributed by atoms with Crippen LogP contribution in [0.1, 0.15) is 24.5 Å². The van der Waals surface area contributed by atoms with Gasteiger partial charge in [-0.3, -0.25) is 10.1 Å². The van der Waals surface area contributed by atoms with Gasteiger partial charge in [0.2, 0.25) is 5.75 Å². The van der Waals surface area contributed by atoms with Crippen LogP contribution in [0.3, 0.4) is 0 Å². The van der Waals surface area contributed by atoms with E-state index in [4.69, 9.17) is 9.26 Å². The maximum atomic E-state index is 13.1. The van der Waals surface area contributed by atoms with Crippen molar-refractivity contribution in [2.24, 2.45) is 0 Å². The number of halogens is 1. The molecule has 6 nitrogen and oxygen atoms in total. The van der Waals surface area contributed by atoms with E-state index >= 15 is 0 Å². The zero-order valence-electron chi connectivity index (χ0n) is 10.3. The lowest BCUT2D eigenvalue weighted by Gasteiger charge is -2.11. The summed E-state index contributed by atoms with van der Waals surface area (Å²) in [5, 5.41) is 14.5. The second kappa shape index (κ2) is 5.05. The summed E-state index contributed by atoms with van der Waals surface area (Å²) in [6.45, 7) is 3.37.